The Balaban J connectivity index is 0. The fourth-order valence-electron chi connectivity index (χ4n) is 8.10. The summed E-state index contributed by atoms with van der Waals surface area (Å²) in [5.74, 6) is -0.653. The van der Waals surface area contributed by atoms with Crippen molar-refractivity contribution in [2.24, 2.45) is 5.73 Å². The first-order chi connectivity index (χ1) is 28.6. The Kier molecular flexibility index (Phi) is 56.9. The number of rotatable bonds is 48. The zero-order valence-corrected chi connectivity index (χ0v) is 40.3. The van der Waals surface area contributed by atoms with E-state index >= 15 is 0 Å². The first kappa shape index (κ1) is 59.0. The van der Waals surface area contributed by atoms with Crippen molar-refractivity contribution in [2.45, 2.75) is 322 Å². The molecule has 0 aliphatic carbocycles. The normalized spacial score (nSPS) is 12.1. The first-order valence-electron chi connectivity index (χ1n) is 26.9. The summed E-state index contributed by atoms with van der Waals surface area (Å²) < 4.78 is 0. The van der Waals surface area contributed by atoms with E-state index in [4.69, 9.17) is 10.8 Å². The van der Waals surface area contributed by atoms with Gasteiger partial charge < -0.3 is 10.8 Å². The largest absolute Gasteiger partial charge is 0.481 e. The molecule has 0 aromatic heterocycles. The highest BCUT2D eigenvalue weighted by molar-refractivity contribution is 5.66. The fraction of sp³-hybridized carbons (Fsp3) is 0.909. The molecule has 3 N–H and O–H groups in total. The molecule has 0 rings (SSSR count). The minimum atomic E-state index is -0.653. The maximum absolute atomic E-state index is 10.3. The Morgan fingerprint density at radius 3 is 0.793 bits per heavy atom. The lowest BCUT2D eigenvalue weighted by Gasteiger charge is -2.11. The molecule has 58 heavy (non-hydrogen) atoms. The number of hydrogen-bond donors (Lipinski definition) is 2. The maximum atomic E-state index is 10.3. The van der Waals surface area contributed by atoms with Gasteiger partial charge in [-0.1, -0.05) is 263 Å². The van der Waals surface area contributed by atoms with Crippen LogP contribution in [0, 0.1) is 0 Å². The third-order valence-corrected chi connectivity index (χ3v) is 12.2. The van der Waals surface area contributed by atoms with Gasteiger partial charge in [-0.25, -0.2) is 0 Å². The Hall–Kier alpha value is -1.09. The molecule has 0 saturated carbocycles. The van der Waals surface area contributed by atoms with Gasteiger partial charge in [0.2, 0.25) is 0 Å². The average Bonchev–Trinajstić information content (AvgIpc) is 3.22. The molecule has 0 aromatic carbocycles. The highest BCUT2D eigenvalue weighted by Gasteiger charge is 2.03. The van der Waals surface area contributed by atoms with E-state index in [0.717, 1.165) is 12.8 Å². The molecule has 0 aromatic rings. The molecule has 0 heterocycles. The van der Waals surface area contributed by atoms with Crippen molar-refractivity contribution in [1.29, 1.82) is 0 Å². The van der Waals surface area contributed by atoms with E-state index in [9.17, 15) is 4.79 Å². The van der Waals surface area contributed by atoms with E-state index in [1.807, 2.05) is 0 Å². The lowest BCUT2D eigenvalue weighted by atomic mass is 10.0. The Morgan fingerprint density at radius 2 is 0.552 bits per heavy atom. The number of carboxylic acid groups (broad SMARTS) is 1. The molecule has 3 heteroatoms. The molecule has 0 bridgehead atoms. The number of unbranched alkanes of at least 4 members (excludes halogenated alkanes) is 38. The van der Waals surface area contributed by atoms with Crippen LogP contribution in [-0.4, -0.2) is 17.1 Å². The van der Waals surface area contributed by atoms with Crippen LogP contribution in [0.25, 0.3) is 0 Å². The SMILES string of the molecule is CCCCCCCCC=CCCCCCCCCC(N)CCCCCCCCC=CCCCCCCCC.CCCCCCCCCCCCCCCCCC(=O)O. The molecule has 346 valence electrons. The molecule has 3 nitrogen and oxygen atoms in total. The summed E-state index contributed by atoms with van der Waals surface area (Å²) in [6.07, 6.45) is 71.1. The van der Waals surface area contributed by atoms with Crippen molar-refractivity contribution in [3.63, 3.8) is 0 Å². The predicted octanol–water partition coefficient (Wildman–Crippen LogP) is 19.5. The third-order valence-electron chi connectivity index (χ3n) is 12.2. The number of carboxylic acids is 1. The van der Waals surface area contributed by atoms with Crippen molar-refractivity contribution in [2.75, 3.05) is 0 Å². The van der Waals surface area contributed by atoms with Gasteiger partial charge in [0.25, 0.3) is 0 Å². The summed E-state index contributed by atoms with van der Waals surface area (Å²) in [7, 11) is 0. The van der Waals surface area contributed by atoms with Crippen LogP contribution >= 0.6 is 0 Å². The number of carbonyl (C=O) groups is 1. The molecular weight excluding hydrogens is 707 g/mol. The Bertz CT molecular complexity index is 749. The molecule has 0 saturated heterocycles. The minimum Gasteiger partial charge on any atom is -0.481 e. The van der Waals surface area contributed by atoms with E-state index in [2.05, 4.69) is 45.1 Å². The summed E-state index contributed by atoms with van der Waals surface area (Å²) >= 11 is 0. The van der Waals surface area contributed by atoms with Crippen LogP contribution in [0.5, 0.6) is 0 Å². The molecule has 0 unspecified atom stereocenters. The third kappa shape index (κ3) is 59.2. The second-order valence-corrected chi connectivity index (χ2v) is 18.3. The van der Waals surface area contributed by atoms with E-state index in [1.165, 1.54) is 276 Å². The predicted molar refractivity (Wildman–Crippen MR) is 263 cm³/mol. The highest BCUT2D eigenvalue weighted by Crippen LogP contribution is 2.16. The van der Waals surface area contributed by atoms with Gasteiger partial charge in [-0.2, -0.15) is 0 Å². The lowest BCUT2D eigenvalue weighted by molar-refractivity contribution is -0.137. The monoisotopic (exact) mass is 816 g/mol. The van der Waals surface area contributed by atoms with Gasteiger partial charge in [-0.15, -0.1) is 0 Å². The number of aliphatic carboxylic acids is 1. The quantitative estimate of drug-likeness (QED) is 0.0475. The molecule has 0 radical (unpaired) electrons. The summed E-state index contributed by atoms with van der Waals surface area (Å²) in [6.45, 7) is 6.85. The van der Waals surface area contributed by atoms with Gasteiger partial charge in [0.05, 0.1) is 0 Å². The second-order valence-electron chi connectivity index (χ2n) is 18.3. The summed E-state index contributed by atoms with van der Waals surface area (Å²) in [5.41, 5.74) is 6.38. The molecule has 0 fully saturated rings. The van der Waals surface area contributed by atoms with E-state index in [0.29, 0.717) is 12.5 Å². The van der Waals surface area contributed by atoms with Gasteiger partial charge in [-0.3, -0.25) is 4.79 Å². The number of nitrogens with two attached hydrogens (primary N) is 1. The molecule has 0 aliphatic heterocycles. The fourth-order valence-corrected chi connectivity index (χ4v) is 8.10. The van der Waals surface area contributed by atoms with Gasteiger partial charge in [0, 0.05) is 12.5 Å². The van der Waals surface area contributed by atoms with Crippen molar-refractivity contribution in [1.82, 2.24) is 0 Å². The topological polar surface area (TPSA) is 63.3 Å². The van der Waals surface area contributed by atoms with Gasteiger partial charge in [0.1, 0.15) is 0 Å². The standard InChI is InChI=1S/C37H73N.C18H36O2/c1-3-5-7-9-11-13-15-17-19-21-23-25-27-29-31-33-35-37(38)36-34-32-30-28-26-24-22-20-18-16-14-12-10-8-6-4-2;1-2-3-4-5-6-7-8-9-10-11-12-13-14-15-16-17-18(19)20/h17-20,37H,3-16,21-36,38H2,1-2H3;2-17H2,1H3,(H,19,20). The second kappa shape index (κ2) is 55.9. The van der Waals surface area contributed by atoms with Gasteiger partial charge in [-0.05, 0) is 70.6 Å². The lowest BCUT2D eigenvalue weighted by Crippen LogP contribution is -2.19. The Labute approximate surface area is 366 Å². The minimum absolute atomic E-state index is 0.345. The molecule has 0 amide bonds. The summed E-state index contributed by atoms with van der Waals surface area (Å²) in [6, 6.07) is 0.448. The summed E-state index contributed by atoms with van der Waals surface area (Å²) in [5, 5.41) is 8.52. The molecule has 0 aliphatic rings. The van der Waals surface area contributed by atoms with Crippen LogP contribution < -0.4 is 5.73 Å². The van der Waals surface area contributed by atoms with Gasteiger partial charge in [0.15, 0.2) is 0 Å². The van der Waals surface area contributed by atoms with Crippen LogP contribution in [0.4, 0.5) is 0 Å². The number of hydrogen-bond acceptors (Lipinski definition) is 2. The van der Waals surface area contributed by atoms with Crippen molar-refractivity contribution >= 4 is 5.97 Å². The average molecular weight is 816 g/mol. The maximum Gasteiger partial charge on any atom is 0.303 e. The first-order valence-corrected chi connectivity index (χ1v) is 26.9. The molecular formula is C55H109NO2. The van der Waals surface area contributed by atoms with Crippen LogP contribution in [-0.2, 0) is 4.79 Å². The van der Waals surface area contributed by atoms with Crippen molar-refractivity contribution in [3.05, 3.63) is 24.3 Å². The van der Waals surface area contributed by atoms with E-state index < -0.39 is 5.97 Å². The van der Waals surface area contributed by atoms with Crippen LogP contribution in [0.3, 0.4) is 0 Å². The highest BCUT2D eigenvalue weighted by atomic mass is 16.4. The number of allylic oxidation sites excluding steroid dienone is 4. The van der Waals surface area contributed by atoms with E-state index in [1.54, 1.807) is 0 Å². The molecule has 0 atom stereocenters. The van der Waals surface area contributed by atoms with Crippen molar-refractivity contribution in [3.8, 4) is 0 Å². The van der Waals surface area contributed by atoms with Crippen LogP contribution in [0.1, 0.15) is 316 Å². The zero-order chi connectivity index (χ0) is 42.5. The summed E-state index contributed by atoms with van der Waals surface area (Å²) in [4.78, 5) is 10.3. The van der Waals surface area contributed by atoms with Crippen LogP contribution in [0.2, 0.25) is 0 Å². The van der Waals surface area contributed by atoms with E-state index in [-0.39, 0.29) is 0 Å². The molecule has 0 spiro atoms. The zero-order valence-electron chi connectivity index (χ0n) is 40.3. The van der Waals surface area contributed by atoms with Crippen molar-refractivity contribution < 1.29 is 9.90 Å². The smallest absolute Gasteiger partial charge is 0.303 e. The Morgan fingerprint density at radius 1 is 0.345 bits per heavy atom. The van der Waals surface area contributed by atoms with Crippen LogP contribution in [0.15, 0.2) is 24.3 Å². The van der Waals surface area contributed by atoms with Gasteiger partial charge >= 0.3 is 5.97 Å².